The second-order valence-electron chi connectivity index (χ2n) is 4.57. The molecule has 2 rings (SSSR count). The van der Waals surface area contributed by atoms with Crippen LogP contribution >= 0.6 is 0 Å². The molecule has 0 radical (unpaired) electrons. The van der Waals surface area contributed by atoms with E-state index in [9.17, 15) is 9.18 Å². The van der Waals surface area contributed by atoms with E-state index in [0.29, 0.717) is 11.1 Å². The maximum absolute atomic E-state index is 13.1. The van der Waals surface area contributed by atoms with Crippen molar-refractivity contribution in [3.8, 4) is 0 Å². The number of amidine groups is 1. The molecule has 7 heteroatoms. The van der Waals surface area contributed by atoms with Gasteiger partial charge in [-0.2, -0.15) is 0 Å². The summed E-state index contributed by atoms with van der Waals surface area (Å²) in [7, 11) is 0. The monoisotopic (exact) mass is 301 g/mol. The van der Waals surface area contributed by atoms with Crippen LogP contribution in [0.5, 0.6) is 0 Å². The van der Waals surface area contributed by atoms with Crippen LogP contribution in [-0.2, 0) is 6.54 Å². The SMILES string of the molecule is NNC(=NCc1cccc(F)c1)c1cccc(C(N)=O)c1N. The van der Waals surface area contributed by atoms with Crippen LogP contribution in [0.4, 0.5) is 10.1 Å². The van der Waals surface area contributed by atoms with E-state index in [1.165, 1.54) is 18.2 Å². The fourth-order valence-electron chi connectivity index (χ4n) is 2.00. The van der Waals surface area contributed by atoms with E-state index in [-0.39, 0.29) is 29.4 Å². The average Bonchev–Trinajstić information content (AvgIpc) is 2.49. The summed E-state index contributed by atoms with van der Waals surface area (Å²) < 4.78 is 13.1. The number of para-hydroxylation sites is 1. The third-order valence-corrected chi connectivity index (χ3v) is 3.07. The lowest BCUT2D eigenvalue weighted by Crippen LogP contribution is -2.32. The fraction of sp³-hybridized carbons (Fsp3) is 0.0667. The zero-order chi connectivity index (χ0) is 16.1. The first-order valence-corrected chi connectivity index (χ1v) is 6.47. The maximum Gasteiger partial charge on any atom is 0.250 e. The van der Waals surface area contributed by atoms with E-state index >= 15 is 0 Å². The van der Waals surface area contributed by atoms with Crippen molar-refractivity contribution in [3.63, 3.8) is 0 Å². The van der Waals surface area contributed by atoms with Crippen molar-refractivity contribution < 1.29 is 9.18 Å². The number of hydrazine groups is 1. The number of nitrogen functional groups attached to an aromatic ring is 1. The smallest absolute Gasteiger partial charge is 0.250 e. The molecule has 0 aliphatic carbocycles. The Bertz CT molecular complexity index is 730. The second kappa shape index (κ2) is 6.68. The Kier molecular flexibility index (Phi) is 4.70. The highest BCUT2D eigenvalue weighted by molar-refractivity contribution is 6.08. The summed E-state index contributed by atoms with van der Waals surface area (Å²) in [6.45, 7) is 0.206. The summed E-state index contributed by atoms with van der Waals surface area (Å²) >= 11 is 0. The lowest BCUT2D eigenvalue weighted by atomic mass is 10.1. The van der Waals surface area contributed by atoms with E-state index < -0.39 is 5.91 Å². The normalized spacial score (nSPS) is 11.3. The minimum absolute atomic E-state index is 0.186. The van der Waals surface area contributed by atoms with Gasteiger partial charge in [-0.1, -0.05) is 18.2 Å². The summed E-state index contributed by atoms with van der Waals surface area (Å²) in [6.07, 6.45) is 0. The number of anilines is 1. The van der Waals surface area contributed by atoms with Crippen LogP contribution in [0, 0.1) is 5.82 Å². The number of benzene rings is 2. The number of rotatable bonds is 4. The molecule has 0 aliphatic heterocycles. The summed E-state index contributed by atoms with van der Waals surface area (Å²) in [6, 6.07) is 10.9. The molecular formula is C15H16FN5O. The van der Waals surface area contributed by atoms with Crippen molar-refractivity contribution in [2.75, 3.05) is 5.73 Å². The molecule has 0 saturated carbocycles. The number of aliphatic imine (C=N–C) groups is 1. The van der Waals surface area contributed by atoms with E-state index in [2.05, 4.69) is 10.4 Å². The number of nitrogens with zero attached hydrogens (tertiary/aromatic N) is 1. The van der Waals surface area contributed by atoms with Crippen molar-refractivity contribution in [2.45, 2.75) is 6.54 Å². The van der Waals surface area contributed by atoms with Gasteiger partial charge in [-0.15, -0.1) is 0 Å². The van der Waals surface area contributed by atoms with Crippen LogP contribution in [0.1, 0.15) is 21.5 Å². The molecule has 22 heavy (non-hydrogen) atoms. The molecule has 0 aliphatic rings. The van der Waals surface area contributed by atoms with Crippen LogP contribution in [-0.4, -0.2) is 11.7 Å². The van der Waals surface area contributed by atoms with Crippen molar-refractivity contribution in [1.82, 2.24) is 5.43 Å². The Hall–Kier alpha value is -2.93. The average molecular weight is 301 g/mol. The van der Waals surface area contributed by atoms with Gasteiger partial charge in [0.25, 0.3) is 5.91 Å². The zero-order valence-electron chi connectivity index (χ0n) is 11.7. The molecular weight excluding hydrogens is 285 g/mol. The molecule has 2 aromatic rings. The molecule has 0 unspecified atom stereocenters. The van der Waals surface area contributed by atoms with E-state index in [1.807, 2.05) is 0 Å². The quantitative estimate of drug-likeness (QED) is 0.221. The third-order valence-electron chi connectivity index (χ3n) is 3.07. The summed E-state index contributed by atoms with van der Waals surface area (Å²) in [5.74, 6) is 4.77. The van der Waals surface area contributed by atoms with Crippen LogP contribution in [0.2, 0.25) is 0 Å². The fourth-order valence-corrected chi connectivity index (χ4v) is 2.00. The second-order valence-corrected chi connectivity index (χ2v) is 4.57. The van der Waals surface area contributed by atoms with Gasteiger partial charge >= 0.3 is 0 Å². The molecule has 1 amide bonds. The minimum atomic E-state index is -0.638. The van der Waals surface area contributed by atoms with Crippen LogP contribution < -0.4 is 22.7 Å². The van der Waals surface area contributed by atoms with Gasteiger partial charge < -0.3 is 16.9 Å². The lowest BCUT2D eigenvalue weighted by Gasteiger charge is -2.11. The summed E-state index contributed by atoms with van der Waals surface area (Å²) in [5.41, 5.74) is 15.1. The standard InChI is InChI=1S/C15H16FN5O/c16-10-4-1-3-9(7-10)8-20-15(21-19)12-6-2-5-11(13(12)17)14(18)22/h1-7H,8,17,19H2,(H2,18,22)(H,20,21). The van der Waals surface area contributed by atoms with Gasteiger partial charge in [-0.3, -0.25) is 9.79 Å². The molecule has 0 bridgehead atoms. The molecule has 2 aromatic carbocycles. The molecule has 0 spiro atoms. The van der Waals surface area contributed by atoms with E-state index in [1.54, 1.807) is 24.3 Å². The van der Waals surface area contributed by atoms with Crippen LogP contribution in [0.25, 0.3) is 0 Å². The number of nitrogens with two attached hydrogens (primary N) is 3. The summed E-state index contributed by atoms with van der Waals surface area (Å²) in [5, 5.41) is 0. The highest BCUT2D eigenvalue weighted by atomic mass is 19.1. The molecule has 0 saturated heterocycles. The highest BCUT2D eigenvalue weighted by Crippen LogP contribution is 2.17. The van der Waals surface area contributed by atoms with Crippen LogP contribution in [0.15, 0.2) is 47.5 Å². The molecule has 0 atom stereocenters. The number of nitrogens with one attached hydrogen (secondary N) is 1. The predicted octanol–water partition coefficient (Wildman–Crippen LogP) is 0.917. The number of hydrogen-bond donors (Lipinski definition) is 4. The van der Waals surface area contributed by atoms with Gasteiger partial charge in [-0.05, 0) is 29.8 Å². The molecule has 0 fully saturated rings. The maximum atomic E-state index is 13.1. The molecule has 7 N–H and O–H groups in total. The Morgan fingerprint density at radius 1 is 1.18 bits per heavy atom. The number of carbonyl (C=O) groups excluding carboxylic acids is 1. The van der Waals surface area contributed by atoms with Gasteiger partial charge in [0.05, 0.1) is 17.8 Å². The van der Waals surface area contributed by atoms with Crippen molar-refractivity contribution in [1.29, 1.82) is 0 Å². The lowest BCUT2D eigenvalue weighted by molar-refractivity contribution is 0.100. The Morgan fingerprint density at radius 2 is 1.86 bits per heavy atom. The minimum Gasteiger partial charge on any atom is -0.397 e. The molecule has 6 nitrogen and oxygen atoms in total. The number of halogens is 1. The number of primary amides is 1. The predicted molar refractivity (Wildman–Crippen MR) is 83.3 cm³/mol. The van der Waals surface area contributed by atoms with Crippen molar-refractivity contribution in [3.05, 3.63) is 65.0 Å². The van der Waals surface area contributed by atoms with Gasteiger partial charge in [0.1, 0.15) is 11.7 Å². The van der Waals surface area contributed by atoms with Gasteiger partial charge in [0, 0.05) is 5.56 Å². The number of amides is 1. The van der Waals surface area contributed by atoms with Gasteiger partial charge in [0.15, 0.2) is 0 Å². The Labute approximate surface area is 126 Å². The highest BCUT2D eigenvalue weighted by Gasteiger charge is 2.13. The molecule has 0 heterocycles. The third kappa shape index (κ3) is 3.39. The topological polar surface area (TPSA) is 120 Å². The van der Waals surface area contributed by atoms with Crippen molar-refractivity contribution >= 4 is 17.4 Å². The summed E-state index contributed by atoms with van der Waals surface area (Å²) in [4.78, 5) is 15.6. The molecule has 0 aromatic heterocycles. The Balaban J connectivity index is 2.34. The van der Waals surface area contributed by atoms with Crippen molar-refractivity contribution in [2.24, 2.45) is 16.6 Å². The first kappa shape index (κ1) is 15.5. The molecule has 114 valence electrons. The van der Waals surface area contributed by atoms with Gasteiger partial charge in [-0.25, -0.2) is 10.2 Å². The van der Waals surface area contributed by atoms with Crippen LogP contribution in [0.3, 0.4) is 0 Å². The first-order valence-electron chi connectivity index (χ1n) is 6.47. The van der Waals surface area contributed by atoms with Gasteiger partial charge in [0.2, 0.25) is 0 Å². The largest absolute Gasteiger partial charge is 0.397 e. The first-order chi connectivity index (χ1) is 10.5. The number of carbonyl (C=O) groups is 1. The van der Waals surface area contributed by atoms with E-state index in [0.717, 1.165) is 0 Å². The zero-order valence-corrected chi connectivity index (χ0v) is 11.7. The van der Waals surface area contributed by atoms with E-state index in [4.69, 9.17) is 17.3 Å². The number of hydrogen-bond acceptors (Lipinski definition) is 4. The Morgan fingerprint density at radius 3 is 2.50 bits per heavy atom.